The number of ether oxygens (including phenoxy) is 1. The molecule has 1 amide bonds. The normalized spacial score (nSPS) is 21.2. The van der Waals surface area contributed by atoms with Gasteiger partial charge in [-0.05, 0) is 6.92 Å². The van der Waals surface area contributed by atoms with E-state index >= 15 is 0 Å². The van der Waals surface area contributed by atoms with Gasteiger partial charge in [-0.2, -0.15) is 0 Å². The SMILES string of the molecule is CC1CN(CC(=O)N(C)CCC(N)=S)CCO1. The van der Waals surface area contributed by atoms with Crippen molar-refractivity contribution in [2.24, 2.45) is 5.73 Å². The van der Waals surface area contributed by atoms with Crippen LogP contribution in [-0.2, 0) is 9.53 Å². The fraction of sp³-hybridized carbons (Fsp3) is 0.818. The van der Waals surface area contributed by atoms with E-state index in [1.165, 1.54) is 0 Å². The summed E-state index contributed by atoms with van der Waals surface area (Å²) < 4.78 is 5.43. The molecule has 6 heteroatoms. The van der Waals surface area contributed by atoms with Crippen LogP contribution in [-0.4, -0.2) is 66.6 Å². The van der Waals surface area contributed by atoms with Crippen molar-refractivity contribution in [3.63, 3.8) is 0 Å². The summed E-state index contributed by atoms with van der Waals surface area (Å²) in [4.78, 5) is 16.1. The molecule has 1 atom stereocenters. The van der Waals surface area contributed by atoms with E-state index in [-0.39, 0.29) is 12.0 Å². The molecule has 2 N–H and O–H groups in total. The van der Waals surface area contributed by atoms with Crippen LogP contribution in [0.1, 0.15) is 13.3 Å². The monoisotopic (exact) mass is 259 g/mol. The van der Waals surface area contributed by atoms with Crippen molar-refractivity contribution in [1.82, 2.24) is 9.80 Å². The predicted octanol–water partition coefficient (Wildman–Crippen LogP) is -0.158. The number of hydrogen-bond acceptors (Lipinski definition) is 4. The van der Waals surface area contributed by atoms with Crippen LogP contribution in [0.3, 0.4) is 0 Å². The van der Waals surface area contributed by atoms with Crippen molar-refractivity contribution >= 4 is 23.1 Å². The van der Waals surface area contributed by atoms with Crippen LogP contribution in [0.5, 0.6) is 0 Å². The summed E-state index contributed by atoms with van der Waals surface area (Å²) in [5.74, 6) is 0.107. The van der Waals surface area contributed by atoms with Gasteiger partial charge in [-0.1, -0.05) is 12.2 Å². The third kappa shape index (κ3) is 5.43. The molecule has 1 fully saturated rings. The standard InChI is InChI=1S/C11H21N3O2S/c1-9-7-14(5-6-16-9)8-11(15)13(2)4-3-10(12)17/h9H,3-8H2,1-2H3,(H2,12,17). The molecule has 1 aliphatic rings. The lowest BCUT2D eigenvalue weighted by molar-refractivity contribution is -0.132. The maximum absolute atomic E-state index is 11.9. The van der Waals surface area contributed by atoms with Crippen LogP contribution in [0.25, 0.3) is 0 Å². The minimum absolute atomic E-state index is 0.107. The van der Waals surface area contributed by atoms with Crippen LogP contribution in [0.4, 0.5) is 0 Å². The maximum atomic E-state index is 11.9. The lowest BCUT2D eigenvalue weighted by atomic mass is 10.3. The number of carbonyl (C=O) groups is 1. The van der Waals surface area contributed by atoms with Gasteiger partial charge in [0.15, 0.2) is 0 Å². The molecule has 17 heavy (non-hydrogen) atoms. The smallest absolute Gasteiger partial charge is 0.236 e. The summed E-state index contributed by atoms with van der Waals surface area (Å²) in [6, 6.07) is 0. The zero-order valence-corrected chi connectivity index (χ0v) is 11.3. The molecule has 0 radical (unpaired) electrons. The highest BCUT2D eigenvalue weighted by Gasteiger charge is 2.20. The fourth-order valence-electron chi connectivity index (χ4n) is 1.75. The van der Waals surface area contributed by atoms with Crippen LogP contribution >= 0.6 is 12.2 Å². The van der Waals surface area contributed by atoms with Gasteiger partial charge in [-0.3, -0.25) is 9.69 Å². The lowest BCUT2D eigenvalue weighted by Crippen LogP contribution is -2.46. The molecule has 0 aromatic rings. The molecule has 1 heterocycles. The van der Waals surface area contributed by atoms with Gasteiger partial charge in [0.2, 0.25) is 5.91 Å². The number of thiocarbonyl (C=S) groups is 1. The van der Waals surface area contributed by atoms with E-state index in [1.807, 2.05) is 6.92 Å². The largest absolute Gasteiger partial charge is 0.393 e. The van der Waals surface area contributed by atoms with Gasteiger partial charge in [0.05, 0.1) is 24.2 Å². The molecule has 98 valence electrons. The molecule has 1 rings (SSSR count). The molecule has 0 aromatic carbocycles. The van der Waals surface area contributed by atoms with Gasteiger partial charge < -0.3 is 15.4 Å². The summed E-state index contributed by atoms with van der Waals surface area (Å²) in [5, 5.41) is 0. The second-order valence-corrected chi connectivity index (χ2v) is 4.97. The lowest BCUT2D eigenvalue weighted by Gasteiger charge is -2.31. The molecule has 0 aliphatic carbocycles. The van der Waals surface area contributed by atoms with E-state index < -0.39 is 0 Å². The molecule has 0 spiro atoms. The molecular weight excluding hydrogens is 238 g/mol. The maximum Gasteiger partial charge on any atom is 0.236 e. The van der Waals surface area contributed by atoms with E-state index in [0.717, 1.165) is 13.1 Å². The number of hydrogen-bond donors (Lipinski definition) is 1. The van der Waals surface area contributed by atoms with Crippen molar-refractivity contribution in [1.29, 1.82) is 0 Å². The quantitative estimate of drug-likeness (QED) is 0.695. The number of nitrogens with zero attached hydrogens (tertiary/aromatic N) is 2. The van der Waals surface area contributed by atoms with Crippen molar-refractivity contribution in [3.05, 3.63) is 0 Å². The first-order valence-corrected chi connectivity index (χ1v) is 6.26. The fourth-order valence-corrected chi connectivity index (χ4v) is 1.84. The second-order valence-electron chi connectivity index (χ2n) is 4.45. The van der Waals surface area contributed by atoms with Gasteiger partial charge >= 0.3 is 0 Å². The van der Waals surface area contributed by atoms with Crippen LogP contribution in [0.2, 0.25) is 0 Å². The highest BCUT2D eigenvalue weighted by molar-refractivity contribution is 7.80. The highest BCUT2D eigenvalue weighted by Crippen LogP contribution is 2.04. The third-order valence-corrected chi connectivity index (χ3v) is 3.01. The van der Waals surface area contributed by atoms with E-state index in [9.17, 15) is 4.79 Å². The summed E-state index contributed by atoms with van der Waals surface area (Å²) >= 11 is 4.79. The van der Waals surface area contributed by atoms with Crippen LogP contribution < -0.4 is 5.73 Å². The molecule has 5 nitrogen and oxygen atoms in total. The zero-order valence-electron chi connectivity index (χ0n) is 10.5. The van der Waals surface area contributed by atoms with Crippen LogP contribution in [0, 0.1) is 0 Å². The Bertz CT molecular complexity index is 286. The third-order valence-electron chi connectivity index (χ3n) is 2.80. The Balaban J connectivity index is 2.29. The average molecular weight is 259 g/mol. The first-order valence-electron chi connectivity index (χ1n) is 5.85. The minimum Gasteiger partial charge on any atom is -0.393 e. The number of nitrogens with two attached hydrogens (primary N) is 1. The Labute approximate surface area is 108 Å². The summed E-state index contributed by atoms with van der Waals surface area (Å²) in [6.07, 6.45) is 0.787. The predicted molar refractivity (Wildman–Crippen MR) is 70.9 cm³/mol. The first kappa shape index (κ1) is 14.3. The Morgan fingerprint density at radius 1 is 1.65 bits per heavy atom. The Morgan fingerprint density at radius 3 is 2.94 bits per heavy atom. The zero-order chi connectivity index (χ0) is 12.8. The van der Waals surface area contributed by atoms with Crippen molar-refractivity contribution in [2.75, 3.05) is 39.8 Å². The van der Waals surface area contributed by atoms with Gasteiger partial charge in [0.25, 0.3) is 0 Å². The Hall–Kier alpha value is -0.720. The molecule has 0 aromatic heterocycles. The number of amides is 1. The topological polar surface area (TPSA) is 58.8 Å². The van der Waals surface area contributed by atoms with Gasteiger partial charge in [-0.15, -0.1) is 0 Å². The van der Waals surface area contributed by atoms with E-state index in [0.29, 0.717) is 31.1 Å². The Kier molecular flexibility index (Phi) is 5.80. The van der Waals surface area contributed by atoms with Crippen LogP contribution in [0.15, 0.2) is 0 Å². The van der Waals surface area contributed by atoms with Gasteiger partial charge in [0, 0.05) is 33.1 Å². The highest BCUT2D eigenvalue weighted by atomic mass is 32.1. The van der Waals surface area contributed by atoms with Crippen molar-refractivity contribution in [3.8, 4) is 0 Å². The molecule has 1 saturated heterocycles. The molecule has 1 unspecified atom stereocenters. The second kappa shape index (κ2) is 6.88. The molecular formula is C11H21N3O2S. The van der Waals surface area contributed by atoms with Crippen molar-refractivity contribution < 1.29 is 9.53 Å². The minimum atomic E-state index is 0.107. The molecule has 0 saturated carbocycles. The number of morpholine rings is 1. The van der Waals surface area contributed by atoms with Gasteiger partial charge in [-0.25, -0.2) is 0 Å². The average Bonchev–Trinajstić information content (AvgIpc) is 2.25. The summed E-state index contributed by atoms with van der Waals surface area (Å²) in [5.41, 5.74) is 5.41. The number of carbonyl (C=O) groups excluding carboxylic acids is 1. The number of likely N-dealkylation sites (N-methyl/N-ethyl adjacent to an activating group) is 1. The summed E-state index contributed by atoms with van der Waals surface area (Å²) in [6.45, 7) is 5.39. The summed E-state index contributed by atoms with van der Waals surface area (Å²) in [7, 11) is 1.78. The molecule has 0 bridgehead atoms. The van der Waals surface area contributed by atoms with E-state index in [2.05, 4.69) is 4.90 Å². The Morgan fingerprint density at radius 2 is 2.35 bits per heavy atom. The number of rotatable bonds is 5. The first-order chi connectivity index (χ1) is 7.99. The molecule has 1 aliphatic heterocycles. The van der Waals surface area contributed by atoms with E-state index in [1.54, 1.807) is 11.9 Å². The van der Waals surface area contributed by atoms with E-state index in [4.69, 9.17) is 22.7 Å². The van der Waals surface area contributed by atoms with Crippen molar-refractivity contribution in [2.45, 2.75) is 19.4 Å². The van der Waals surface area contributed by atoms with Gasteiger partial charge in [0.1, 0.15) is 0 Å².